The molecule has 0 aromatic carbocycles. The van der Waals surface area contributed by atoms with Gasteiger partial charge in [0.05, 0.1) is 163 Å². The summed E-state index contributed by atoms with van der Waals surface area (Å²) >= 11 is 0. The molecular formula is C76H128N8O36. The van der Waals surface area contributed by atoms with Crippen molar-refractivity contribution in [3.05, 3.63) is 0 Å². The Bertz CT molecular complexity index is 3080. The third-order valence-electron chi connectivity index (χ3n) is 17.9. The fourth-order valence-corrected chi connectivity index (χ4v) is 12.4. The van der Waals surface area contributed by atoms with E-state index in [1.165, 1.54) is 62.3 Å². The summed E-state index contributed by atoms with van der Waals surface area (Å²) in [5.41, 5.74) is 0. The van der Waals surface area contributed by atoms with Gasteiger partial charge in [-0.2, -0.15) is 0 Å². The highest BCUT2D eigenvalue weighted by Crippen LogP contribution is 2.33. The van der Waals surface area contributed by atoms with Gasteiger partial charge >= 0.3 is 35.8 Å². The molecule has 3 saturated heterocycles. The first-order valence-corrected chi connectivity index (χ1v) is 40.1. The van der Waals surface area contributed by atoms with Gasteiger partial charge in [0.25, 0.3) is 0 Å². The molecular weight excluding hydrogens is 1600 g/mol. The van der Waals surface area contributed by atoms with E-state index in [0.29, 0.717) is 39.6 Å². The Morgan fingerprint density at radius 2 is 0.583 bits per heavy atom. The summed E-state index contributed by atoms with van der Waals surface area (Å²) in [6.07, 6.45) is -10.6. The molecule has 0 aliphatic carbocycles. The molecule has 44 nitrogen and oxygen atoms in total. The Morgan fingerprint density at radius 3 is 0.875 bits per heavy atom. The van der Waals surface area contributed by atoms with E-state index in [4.69, 9.17) is 105 Å². The molecule has 3 rings (SSSR count). The first kappa shape index (κ1) is 106. The van der Waals surface area contributed by atoms with Crippen LogP contribution in [-0.2, 0) is 167 Å². The molecule has 0 saturated carbocycles. The third-order valence-corrected chi connectivity index (χ3v) is 17.9. The van der Waals surface area contributed by atoms with Gasteiger partial charge in [0.1, 0.15) is 68.5 Å². The lowest BCUT2D eigenvalue weighted by atomic mass is 9.88. The van der Waals surface area contributed by atoms with Gasteiger partial charge in [-0.25, -0.2) is 0 Å². The second-order valence-corrected chi connectivity index (χ2v) is 27.9. The summed E-state index contributed by atoms with van der Waals surface area (Å²) in [6, 6.07) is -5.18. The molecule has 688 valence electrons. The van der Waals surface area contributed by atoms with E-state index >= 15 is 0 Å². The highest BCUT2D eigenvalue weighted by atomic mass is 16.7. The van der Waals surface area contributed by atoms with Crippen molar-refractivity contribution in [1.82, 2.24) is 42.5 Å². The number of nitrogens with one attached hydrogen (secondary N) is 8. The van der Waals surface area contributed by atoms with Crippen molar-refractivity contribution < 1.29 is 172 Å². The van der Waals surface area contributed by atoms with Crippen molar-refractivity contribution in [2.75, 3.05) is 185 Å². The van der Waals surface area contributed by atoms with E-state index in [9.17, 15) is 67.1 Å². The summed E-state index contributed by atoms with van der Waals surface area (Å²) < 4.78 is 118. The van der Waals surface area contributed by atoms with Crippen LogP contribution in [0, 0.1) is 17.8 Å². The molecule has 15 unspecified atom stereocenters. The Balaban J connectivity index is 1.72. The monoisotopic (exact) mass is 1730 g/mol. The van der Waals surface area contributed by atoms with E-state index < -0.39 is 193 Å². The Morgan fingerprint density at radius 1 is 0.317 bits per heavy atom. The minimum Gasteiger partial charge on any atom is -0.463 e. The maximum absolute atomic E-state index is 14.0. The first-order chi connectivity index (χ1) is 57.3. The van der Waals surface area contributed by atoms with Crippen LogP contribution >= 0.6 is 0 Å². The van der Waals surface area contributed by atoms with Gasteiger partial charge in [-0.15, -0.1) is 0 Å². The van der Waals surface area contributed by atoms with Crippen LogP contribution in [0.5, 0.6) is 0 Å². The lowest BCUT2D eigenvalue weighted by molar-refractivity contribution is -0.264. The molecule has 0 spiro atoms. The fraction of sp³-hybridized carbons (Fsp3) is 0.816. The molecule has 44 heteroatoms. The van der Waals surface area contributed by atoms with Crippen LogP contribution in [0.3, 0.4) is 0 Å². The van der Waals surface area contributed by atoms with E-state index in [1.54, 1.807) is 20.8 Å². The number of carbonyl (C=O) groups is 14. The van der Waals surface area contributed by atoms with E-state index in [-0.39, 0.29) is 171 Å². The number of amides is 8. The molecule has 17 atom stereocenters. The van der Waals surface area contributed by atoms with Crippen molar-refractivity contribution in [3.8, 4) is 0 Å². The number of hydrogen-bond donors (Lipinski definition) is 9. The highest BCUT2D eigenvalue weighted by Gasteiger charge is 2.50. The molecule has 9 N–H and O–H groups in total. The largest absolute Gasteiger partial charge is 0.463 e. The number of rotatable bonds is 63. The minimum atomic E-state index is -1.37. The summed E-state index contributed by atoms with van der Waals surface area (Å²) in [7, 11) is 0. The van der Waals surface area contributed by atoms with Gasteiger partial charge in [-0.05, 0) is 12.8 Å². The second kappa shape index (κ2) is 62.1. The molecule has 3 aliphatic heterocycles. The third kappa shape index (κ3) is 46.3. The summed E-state index contributed by atoms with van der Waals surface area (Å²) in [6.45, 7) is 17.3. The van der Waals surface area contributed by atoms with Crippen LogP contribution < -0.4 is 42.5 Å². The van der Waals surface area contributed by atoms with Crippen LogP contribution in [0.4, 0.5) is 0 Å². The van der Waals surface area contributed by atoms with Crippen LogP contribution in [0.1, 0.15) is 115 Å². The molecule has 0 bridgehead atoms. The first-order valence-electron chi connectivity index (χ1n) is 40.1. The Labute approximate surface area is 698 Å². The van der Waals surface area contributed by atoms with Crippen LogP contribution in [0.15, 0.2) is 0 Å². The Hall–Kier alpha value is -8.06. The molecule has 3 heterocycles. The SMILES string of the molecule is CC(=O)NC1C(OCCOCCNC(=O)CC[C@H](NC(=O)CC[C@H](NC(=O)CCOCCOCCOCCOCCOCCOCCO)C(=O)NCCOCCOC2OC(COC(C)=O)C(OC(C)=O)C(C)C2NC(C)=O)C(=O)NCCOCCOC2OC(COC(C)=O)C(OC(C)=O)C(C)C2NC(C)=O)OC(COC(C)=O)C(OC(C)=O)C1C. The van der Waals surface area contributed by atoms with Crippen molar-refractivity contribution >= 4 is 83.1 Å². The molecule has 120 heavy (non-hydrogen) atoms. The molecule has 0 aromatic rings. The predicted molar refractivity (Wildman–Crippen MR) is 411 cm³/mol. The normalized spacial score (nSPS) is 23.1. The van der Waals surface area contributed by atoms with Crippen LogP contribution in [-0.4, -0.2) is 359 Å². The Kier molecular flexibility index (Phi) is 54.9. The zero-order valence-electron chi connectivity index (χ0n) is 70.9. The number of carbonyl (C=O) groups excluding carboxylic acids is 14. The lowest BCUT2D eigenvalue weighted by Crippen LogP contribution is -2.62. The zero-order valence-corrected chi connectivity index (χ0v) is 70.9. The van der Waals surface area contributed by atoms with Crippen molar-refractivity contribution in [1.29, 1.82) is 0 Å². The lowest BCUT2D eigenvalue weighted by Gasteiger charge is -2.44. The minimum absolute atomic E-state index is 0.0270. The summed E-state index contributed by atoms with van der Waals surface area (Å²) in [5.74, 6) is -10.2. The quantitative estimate of drug-likeness (QED) is 0.0162. The number of hydrogen-bond acceptors (Lipinski definition) is 36. The summed E-state index contributed by atoms with van der Waals surface area (Å²) in [5, 5.41) is 30.4. The van der Waals surface area contributed by atoms with Crippen molar-refractivity contribution in [2.45, 2.75) is 201 Å². The van der Waals surface area contributed by atoms with E-state index in [2.05, 4.69) is 42.5 Å². The van der Waals surface area contributed by atoms with E-state index in [1.807, 2.05) is 0 Å². The molecule has 0 radical (unpaired) electrons. The van der Waals surface area contributed by atoms with Crippen LogP contribution in [0.25, 0.3) is 0 Å². The van der Waals surface area contributed by atoms with Gasteiger partial charge in [-0.1, -0.05) is 20.8 Å². The molecule has 3 aliphatic rings. The van der Waals surface area contributed by atoms with Crippen molar-refractivity contribution in [3.63, 3.8) is 0 Å². The maximum Gasteiger partial charge on any atom is 0.303 e. The number of aliphatic hydroxyl groups excluding tert-OH is 1. The van der Waals surface area contributed by atoms with Gasteiger partial charge in [0.15, 0.2) is 18.9 Å². The second-order valence-electron chi connectivity index (χ2n) is 27.9. The van der Waals surface area contributed by atoms with E-state index in [0.717, 1.165) is 0 Å². The fourth-order valence-electron chi connectivity index (χ4n) is 12.4. The van der Waals surface area contributed by atoms with Crippen molar-refractivity contribution in [2.24, 2.45) is 17.8 Å². The standard InChI is InChI=1S/C76H128N8O36/c1-46-66(80-49(4)86)74(118-60(43-112-52(7)89)69(46)115-55(10)92)109-40-37-101-23-18-77-63(95)15-13-58(72(98)78-19-24-102-38-41-110-75-67(81-50(5)87)47(2)70(116-56(11)93)61(119-75)44-113-53(8)90)83-64(96)16-14-59(84-65(97)17-22-100-27-29-105-31-33-107-35-36-108-34-32-106-30-28-104-26-21-85)73(99)79-20-25-103-39-42-111-76-68(82-51(6)88)48(3)71(117-57(12)94)62(120-76)45-114-54(9)91/h46-48,58-62,66-71,74-76,85H,13-45H2,1-12H3,(H,77,95)(H,78,98)(H,79,99)(H,80,86)(H,81,87)(H,82,88)(H,83,96)(H,84,97)/t46?,47?,48?,58-,59-,60?,61?,62?,66?,67?,68?,69?,70?,71?,74?,75?,76?/m0/s1. The topological polar surface area (TPSA) is 549 Å². The predicted octanol–water partition coefficient (Wildman–Crippen LogP) is -3.47. The molecule has 0 aromatic heterocycles. The van der Waals surface area contributed by atoms with Crippen LogP contribution in [0.2, 0.25) is 0 Å². The summed E-state index contributed by atoms with van der Waals surface area (Å²) in [4.78, 5) is 177. The average Bonchev–Trinajstić information content (AvgIpc) is 0.807. The van der Waals surface area contributed by atoms with Gasteiger partial charge in [0, 0.05) is 119 Å². The van der Waals surface area contributed by atoms with Gasteiger partial charge < -0.3 is 147 Å². The highest BCUT2D eigenvalue weighted by molar-refractivity contribution is 5.90. The van der Waals surface area contributed by atoms with Gasteiger partial charge in [0.2, 0.25) is 47.3 Å². The molecule has 3 fully saturated rings. The molecule has 8 amide bonds. The maximum atomic E-state index is 14.0. The smallest absolute Gasteiger partial charge is 0.303 e. The van der Waals surface area contributed by atoms with Gasteiger partial charge in [-0.3, -0.25) is 67.1 Å². The number of ether oxygens (including phenoxy) is 21. The average molecular weight is 1730 g/mol. The zero-order chi connectivity index (χ0) is 88.7. The number of aliphatic hydroxyl groups is 1. The number of esters is 6.